The molecule has 0 aliphatic heterocycles. The van der Waals surface area contributed by atoms with Gasteiger partial charge in [0.15, 0.2) is 11.5 Å². The molecule has 0 fully saturated rings. The molecule has 21 heavy (non-hydrogen) atoms. The van der Waals surface area contributed by atoms with E-state index in [1.807, 2.05) is 6.92 Å². The summed E-state index contributed by atoms with van der Waals surface area (Å²) in [6.07, 6.45) is 0. The standard InChI is InChI=1S/C15H14BrF2NO2/c1-2-21-15-5-9(3-4-14(15)20)8-19-13-6-10(16)11(17)7-12(13)18/h3-7,19-20H,2,8H2,1H3. The zero-order valence-electron chi connectivity index (χ0n) is 11.3. The number of benzene rings is 2. The van der Waals surface area contributed by atoms with Crippen molar-refractivity contribution in [3.05, 3.63) is 52.0 Å². The monoisotopic (exact) mass is 357 g/mol. The number of phenols is 1. The van der Waals surface area contributed by atoms with Gasteiger partial charge in [0.25, 0.3) is 0 Å². The molecule has 0 aromatic heterocycles. The molecule has 0 amide bonds. The van der Waals surface area contributed by atoms with E-state index in [0.29, 0.717) is 18.9 Å². The van der Waals surface area contributed by atoms with Crippen molar-refractivity contribution in [1.82, 2.24) is 0 Å². The molecule has 0 bridgehead atoms. The number of hydrogen-bond acceptors (Lipinski definition) is 3. The van der Waals surface area contributed by atoms with Crippen LogP contribution in [0.25, 0.3) is 0 Å². The minimum atomic E-state index is -0.667. The minimum absolute atomic E-state index is 0.0521. The van der Waals surface area contributed by atoms with Gasteiger partial charge < -0.3 is 15.2 Å². The highest BCUT2D eigenvalue weighted by molar-refractivity contribution is 9.10. The number of rotatable bonds is 5. The van der Waals surface area contributed by atoms with Gasteiger partial charge in [-0.15, -0.1) is 0 Å². The predicted octanol–water partition coefficient (Wildman–Crippen LogP) is 4.44. The zero-order chi connectivity index (χ0) is 15.4. The van der Waals surface area contributed by atoms with Crippen molar-refractivity contribution in [3.63, 3.8) is 0 Å². The molecule has 0 spiro atoms. The van der Waals surface area contributed by atoms with Crippen molar-refractivity contribution in [1.29, 1.82) is 0 Å². The van der Waals surface area contributed by atoms with Gasteiger partial charge >= 0.3 is 0 Å². The van der Waals surface area contributed by atoms with E-state index in [0.717, 1.165) is 11.6 Å². The van der Waals surface area contributed by atoms with Crippen LogP contribution in [0.5, 0.6) is 11.5 Å². The van der Waals surface area contributed by atoms with Crippen LogP contribution in [-0.2, 0) is 6.54 Å². The molecule has 0 saturated carbocycles. The Morgan fingerprint density at radius 2 is 1.95 bits per heavy atom. The third-order valence-electron chi connectivity index (χ3n) is 2.82. The fourth-order valence-corrected chi connectivity index (χ4v) is 2.14. The number of ether oxygens (including phenoxy) is 1. The van der Waals surface area contributed by atoms with Crippen LogP contribution in [-0.4, -0.2) is 11.7 Å². The average Bonchev–Trinajstić information content (AvgIpc) is 2.45. The first-order valence-electron chi connectivity index (χ1n) is 6.34. The summed E-state index contributed by atoms with van der Waals surface area (Å²) in [5, 5.41) is 12.5. The van der Waals surface area contributed by atoms with Crippen molar-refractivity contribution >= 4 is 21.6 Å². The van der Waals surface area contributed by atoms with Gasteiger partial charge in [-0.25, -0.2) is 8.78 Å². The molecular weight excluding hydrogens is 344 g/mol. The Balaban J connectivity index is 2.13. The molecule has 0 atom stereocenters. The van der Waals surface area contributed by atoms with Gasteiger partial charge in [0.1, 0.15) is 11.6 Å². The van der Waals surface area contributed by atoms with Crippen LogP contribution in [0.15, 0.2) is 34.8 Å². The van der Waals surface area contributed by atoms with Gasteiger partial charge in [0.05, 0.1) is 16.8 Å². The van der Waals surface area contributed by atoms with Gasteiger partial charge in [0.2, 0.25) is 0 Å². The lowest BCUT2D eigenvalue weighted by Crippen LogP contribution is -2.03. The molecule has 0 aliphatic rings. The van der Waals surface area contributed by atoms with Gasteiger partial charge in [-0.05, 0) is 46.6 Å². The fraction of sp³-hybridized carbons (Fsp3) is 0.200. The molecule has 3 nitrogen and oxygen atoms in total. The summed E-state index contributed by atoms with van der Waals surface area (Å²) in [4.78, 5) is 0. The van der Waals surface area contributed by atoms with Crippen LogP contribution in [0.4, 0.5) is 14.5 Å². The first-order chi connectivity index (χ1) is 10.0. The summed E-state index contributed by atoms with van der Waals surface area (Å²) in [7, 11) is 0. The summed E-state index contributed by atoms with van der Waals surface area (Å²) in [6, 6.07) is 7.03. The molecule has 2 N–H and O–H groups in total. The van der Waals surface area contributed by atoms with Gasteiger partial charge in [-0.3, -0.25) is 0 Å². The molecule has 0 aliphatic carbocycles. The second-order valence-corrected chi connectivity index (χ2v) is 5.19. The van der Waals surface area contributed by atoms with Crippen molar-refractivity contribution in [2.75, 3.05) is 11.9 Å². The second kappa shape index (κ2) is 6.76. The van der Waals surface area contributed by atoms with Crippen LogP contribution in [0.3, 0.4) is 0 Å². The number of aromatic hydroxyl groups is 1. The summed E-state index contributed by atoms with van der Waals surface area (Å²) in [5.41, 5.74) is 0.991. The fourth-order valence-electron chi connectivity index (χ4n) is 1.79. The van der Waals surface area contributed by atoms with E-state index in [9.17, 15) is 13.9 Å². The summed E-state index contributed by atoms with van der Waals surface area (Å²) < 4.78 is 32.2. The Labute approximate surface area is 129 Å². The highest BCUT2D eigenvalue weighted by atomic mass is 79.9. The first-order valence-corrected chi connectivity index (χ1v) is 7.13. The van der Waals surface area contributed by atoms with Gasteiger partial charge in [-0.1, -0.05) is 6.07 Å². The van der Waals surface area contributed by atoms with E-state index in [2.05, 4.69) is 21.2 Å². The molecule has 0 radical (unpaired) electrons. The van der Waals surface area contributed by atoms with Crippen molar-refractivity contribution in [2.24, 2.45) is 0 Å². The number of hydrogen-bond donors (Lipinski definition) is 2. The Kier molecular flexibility index (Phi) is 5.01. The molecule has 6 heteroatoms. The summed E-state index contributed by atoms with van der Waals surface area (Å²) in [5.74, 6) is -0.894. The maximum absolute atomic E-state index is 13.6. The van der Waals surface area contributed by atoms with Crippen molar-refractivity contribution < 1.29 is 18.6 Å². The number of halogens is 3. The molecule has 0 heterocycles. The molecule has 2 aromatic rings. The normalized spacial score (nSPS) is 10.5. The maximum atomic E-state index is 13.6. The molecule has 2 aromatic carbocycles. The lowest BCUT2D eigenvalue weighted by atomic mass is 10.2. The quantitative estimate of drug-likeness (QED) is 0.777. The molecule has 2 rings (SSSR count). The average molecular weight is 358 g/mol. The smallest absolute Gasteiger partial charge is 0.161 e. The molecule has 0 saturated heterocycles. The van der Waals surface area contributed by atoms with E-state index < -0.39 is 11.6 Å². The topological polar surface area (TPSA) is 41.5 Å². The van der Waals surface area contributed by atoms with E-state index in [-0.39, 0.29) is 15.9 Å². The largest absolute Gasteiger partial charge is 0.504 e. The van der Waals surface area contributed by atoms with Crippen molar-refractivity contribution in [3.8, 4) is 11.5 Å². The second-order valence-electron chi connectivity index (χ2n) is 4.33. The molecule has 112 valence electrons. The van der Waals surface area contributed by atoms with Crippen LogP contribution in [0.2, 0.25) is 0 Å². The summed E-state index contributed by atoms with van der Waals surface area (Å²) >= 11 is 3.01. The lowest BCUT2D eigenvalue weighted by Gasteiger charge is -2.11. The number of phenolic OH excluding ortho intramolecular Hbond substituents is 1. The van der Waals surface area contributed by atoms with Crippen LogP contribution < -0.4 is 10.1 Å². The van der Waals surface area contributed by atoms with E-state index in [1.165, 1.54) is 12.1 Å². The van der Waals surface area contributed by atoms with E-state index >= 15 is 0 Å². The first kappa shape index (κ1) is 15.6. The lowest BCUT2D eigenvalue weighted by molar-refractivity contribution is 0.318. The van der Waals surface area contributed by atoms with Crippen molar-refractivity contribution in [2.45, 2.75) is 13.5 Å². The molecule has 0 unspecified atom stereocenters. The third-order valence-corrected chi connectivity index (χ3v) is 3.42. The Morgan fingerprint density at radius 1 is 1.19 bits per heavy atom. The van der Waals surface area contributed by atoms with Gasteiger partial charge in [-0.2, -0.15) is 0 Å². The highest BCUT2D eigenvalue weighted by Crippen LogP contribution is 2.28. The maximum Gasteiger partial charge on any atom is 0.161 e. The Morgan fingerprint density at radius 3 is 2.67 bits per heavy atom. The van der Waals surface area contributed by atoms with E-state index in [1.54, 1.807) is 12.1 Å². The highest BCUT2D eigenvalue weighted by Gasteiger charge is 2.09. The number of nitrogens with one attached hydrogen (secondary N) is 1. The number of anilines is 1. The van der Waals surface area contributed by atoms with Crippen LogP contribution in [0.1, 0.15) is 12.5 Å². The van der Waals surface area contributed by atoms with E-state index in [4.69, 9.17) is 4.74 Å². The molecular formula is C15H14BrF2NO2. The SMILES string of the molecule is CCOc1cc(CNc2cc(Br)c(F)cc2F)ccc1O. The van der Waals surface area contributed by atoms with Gasteiger partial charge in [0, 0.05) is 12.6 Å². The summed E-state index contributed by atoms with van der Waals surface area (Å²) in [6.45, 7) is 2.56. The Hall–Kier alpha value is -1.82. The predicted molar refractivity (Wildman–Crippen MR) is 80.7 cm³/mol. The minimum Gasteiger partial charge on any atom is -0.504 e. The third kappa shape index (κ3) is 3.85. The zero-order valence-corrected chi connectivity index (χ0v) is 12.9. The Bertz CT molecular complexity index is 650. The van der Waals surface area contributed by atoms with Crippen LogP contribution in [0, 0.1) is 11.6 Å². The van der Waals surface area contributed by atoms with Crippen LogP contribution >= 0.6 is 15.9 Å².